The van der Waals surface area contributed by atoms with Crippen LogP contribution in [0.4, 0.5) is 4.79 Å². The summed E-state index contributed by atoms with van der Waals surface area (Å²) < 4.78 is 5.24. The van der Waals surface area contributed by atoms with E-state index in [1.54, 1.807) is 20.8 Å². The lowest BCUT2D eigenvalue weighted by Crippen LogP contribution is -2.51. The molecule has 2 amide bonds. The van der Waals surface area contributed by atoms with Crippen LogP contribution in [0.25, 0.3) is 5.57 Å². The minimum atomic E-state index is -0.577. The first-order valence-corrected chi connectivity index (χ1v) is 10.1. The van der Waals surface area contributed by atoms with Crippen molar-refractivity contribution in [2.24, 2.45) is 5.92 Å². The van der Waals surface area contributed by atoms with Crippen molar-refractivity contribution in [3.05, 3.63) is 40.5 Å². The van der Waals surface area contributed by atoms with Gasteiger partial charge in [0.25, 0.3) is 0 Å². The number of aryl methyl sites for hydroxylation is 1. The molecule has 0 saturated heterocycles. The minimum absolute atomic E-state index is 0.0349. The number of carbonyl (C=O) groups is 2. The van der Waals surface area contributed by atoms with Crippen LogP contribution >= 0.6 is 0 Å². The van der Waals surface area contributed by atoms with Crippen LogP contribution in [0, 0.1) is 12.8 Å². The van der Waals surface area contributed by atoms with Crippen LogP contribution < -0.4 is 5.32 Å². The topological polar surface area (TPSA) is 58.6 Å². The number of fused-ring (bicyclic) bond motifs is 2. The smallest absolute Gasteiger partial charge is 0.408 e. The summed E-state index contributed by atoms with van der Waals surface area (Å²) in [4.78, 5) is 26.8. The van der Waals surface area contributed by atoms with Gasteiger partial charge < -0.3 is 15.0 Å². The van der Waals surface area contributed by atoms with Gasteiger partial charge >= 0.3 is 6.09 Å². The maximum absolute atomic E-state index is 12.9. The summed E-state index contributed by atoms with van der Waals surface area (Å²) in [6, 6.07) is 6.73. The second-order valence-electron chi connectivity index (χ2n) is 9.22. The van der Waals surface area contributed by atoms with Gasteiger partial charge in [0.05, 0.1) is 6.04 Å². The van der Waals surface area contributed by atoms with Crippen LogP contribution in [0.15, 0.2) is 23.8 Å². The number of hydrogen-bond acceptors (Lipinski definition) is 3. The molecule has 1 N–H and O–H groups in total. The summed E-state index contributed by atoms with van der Waals surface area (Å²) in [6.07, 6.45) is 1.23. The maximum Gasteiger partial charge on any atom is 0.408 e. The number of ether oxygens (including phenoxy) is 1. The van der Waals surface area contributed by atoms with Crippen molar-refractivity contribution in [3.8, 4) is 0 Å². The zero-order chi connectivity index (χ0) is 20.6. The molecule has 0 saturated carbocycles. The average Bonchev–Trinajstić information content (AvgIpc) is 2.94. The van der Waals surface area contributed by atoms with Crippen molar-refractivity contribution in [3.63, 3.8) is 0 Å². The first-order valence-electron chi connectivity index (χ1n) is 10.1. The Labute approximate surface area is 168 Å². The Morgan fingerprint density at radius 2 is 2.00 bits per heavy atom. The van der Waals surface area contributed by atoms with Crippen molar-refractivity contribution >= 4 is 17.6 Å². The van der Waals surface area contributed by atoms with E-state index in [-0.39, 0.29) is 18.5 Å². The van der Waals surface area contributed by atoms with Crippen molar-refractivity contribution in [1.82, 2.24) is 10.2 Å². The van der Waals surface area contributed by atoms with E-state index < -0.39 is 11.7 Å². The van der Waals surface area contributed by atoms with Gasteiger partial charge in [-0.3, -0.25) is 4.79 Å². The van der Waals surface area contributed by atoms with Crippen LogP contribution in [0.3, 0.4) is 0 Å². The van der Waals surface area contributed by atoms with Crippen molar-refractivity contribution in [1.29, 1.82) is 0 Å². The highest BCUT2D eigenvalue weighted by Gasteiger charge is 2.38. The molecule has 1 aromatic rings. The largest absolute Gasteiger partial charge is 0.444 e. The van der Waals surface area contributed by atoms with E-state index in [0.717, 1.165) is 12.8 Å². The molecule has 1 heterocycles. The molecule has 152 valence electrons. The van der Waals surface area contributed by atoms with Gasteiger partial charge in [0.15, 0.2) is 0 Å². The van der Waals surface area contributed by atoms with E-state index in [2.05, 4.69) is 44.3 Å². The summed E-state index contributed by atoms with van der Waals surface area (Å²) in [6.45, 7) is 12.5. The number of carbonyl (C=O) groups excluding carboxylic acids is 2. The van der Waals surface area contributed by atoms with E-state index in [4.69, 9.17) is 4.74 Å². The van der Waals surface area contributed by atoms with Crippen molar-refractivity contribution in [2.75, 3.05) is 13.1 Å². The highest BCUT2D eigenvalue weighted by Crippen LogP contribution is 2.43. The number of rotatable bonds is 3. The number of alkyl carbamates (subject to hydrolysis) is 1. The molecule has 0 aromatic heterocycles. The highest BCUT2D eigenvalue weighted by atomic mass is 16.6. The second-order valence-corrected chi connectivity index (χ2v) is 9.22. The summed E-state index contributed by atoms with van der Waals surface area (Å²) in [5, 5.41) is 2.61. The van der Waals surface area contributed by atoms with Gasteiger partial charge in [-0.2, -0.15) is 0 Å². The molecule has 0 fully saturated rings. The maximum atomic E-state index is 12.9. The fourth-order valence-electron chi connectivity index (χ4n) is 4.35. The highest BCUT2D eigenvalue weighted by molar-refractivity contribution is 5.86. The Morgan fingerprint density at radius 1 is 1.29 bits per heavy atom. The third-order valence-electron chi connectivity index (χ3n) is 5.39. The SMILES string of the molecule is Cc1ccc2c(c1)C1=C(C2)C(C(C)C)N(C(=O)CNC(=O)OC(C)(C)C)CC1. The van der Waals surface area contributed by atoms with Crippen LogP contribution in [-0.2, 0) is 16.0 Å². The van der Waals surface area contributed by atoms with Gasteiger partial charge in [-0.1, -0.05) is 37.6 Å². The van der Waals surface area contributed by atoms with Crippen molar-refractivity contribution in [2.45, 2.75) is 66.0 Å². The molecule has 1 aliphatic heterocycles. The zero-order valence-corrected chi connectivity index (χ0v) is 17.9. The van der Waals surface area contributed by atoms with E-state index in [1.165, 1.54) is 27.8 Å². The molecule has 5 heteroatoms. The number of nitrogens with zero attached hydrogens (tertiary/aromatic N) is 1. The standard InChI is InChI=1S/C23H32N2O3/c1-14(2)21-19-12-16-8-7-15(3)11-18(16)17(19)9-10-25(21)20(26)13-24-22(27)28-23(4,5)6/h7-8,11,14,21H,9-10,12-13H2,1-6H3,(H,24,27). The molecule has 0 bridgehead atoms. The predicted octanol–water partition coefficient (Wildman–Crippen LogP) is 4.09. The van der Waals surface area contributed by atoms with Gasteiger partial charge in [-0.25, -0.2) is 4.79 Å². The number of amides is 2. The lowest BCUT2D eigenvalue weighted by atomic mass is 9.86. The monoisotopic (exact) mass is 384 g/mol. The molecular weight excluding hydrogens is 352 g/mol. The Balaban J connectivity index is 1.75. The molecule has 1 aromatic carbocycles. The van der Waals surface area contributed by atoms with Crippen molar-refractivity contribution < 1.29 is 14.3 Å². The van der Waals surface area contributed by atoms with E-state index in [9.17, 15) is 9.59 Å². The molecule has 0 radical (unpaired) electrons. The Kier molecular flexibility index (Phi) is 5.55. The molecule has 28 heavy (non-hydrogen) atoms. The molecule has 1 aliphatic carbocycles. The quantitative estimate of drug-likeness (QED) is 0.854. The molecule has 1 atom stereocenters. The van der Waals surface area contributed by atoms with Crippen LogP contribution in [0.1, 0.15) is 57.7 Å². The first kappa shape index (κ1) is 20.4. The molecule has 3 rings (SSSR count). The number of nitrogens with one attached hydrogen (secondary N) is 1. The number of hydrogen-bond donors (Lipinski definition) is 1. The van der Waals surface area contributed by atoms with Crippen LogP contribution in [0.2, 0.25) is 0 Å². The van der Waals surface area contributed by atoms with Gasteiger partial charge in [-0.15, -0.1) is 0 Å². The lowest BCUT2D eigenvalue weighted by Gasteiger charge is -2.40. The molecule has 0 spiro atoms. The summed E-state index contributed by atoms with van der Waals surface area (Å²) in [5.41, 5.74) is 6.20. The summed E-state index contributed by atoms with van der Waals surface area (Å²) >= 11 is 0. The van der Waals surface area contributed by atoms with Gasteiger partial charge in [0.2, 0.25) is 5.91 Å². The van der Waals surface area contributed by atoms with Crippen LogP contribution in [-0.4, -0.2) is 41.6 Å². The lowest BCUT2D eigenvalue weighted by molar-refractivity contribution is -0.132. The third-order valence-corrected chi connectivity index (χ3v) is 5.39. The zero-order valence-electron chi connectivity index (χ0n) is 17.9. The van der Waals surface area contributed by atoms with E-state index in [1.807, 2.05) is 4.90 Å². The second kappa shape index (κ2) is 7.61. The third kappa shape index (κ3) is 4.23. The van der Waals surface area contributed by atoms with Gasteiger partial charge in [0.1, 0.15) is 12.1 Å². The van der Waals surface area contributed by atoms with E-state index >= 15 is 0 Å². The Bertz CT molecular complexity index is 818. The molecule has 5 nitrogen and oxygen atoms in total. The fourth-order valence-corrected chi connectivity index (χ4v) is 4.35. The normalized spacial score (nSPS) is 18.8. The Hall–Kier alpha value is -2.30. The summed E-state index contributed by atoms with van der Waals surface area (Å²) in [5.74, 6) is 0.259. The molecular formula is C23H32N2O3. The average molecular weight is 385 g/mol. The summed E-state index contributed by atoms with van der Waals surface area (Å²) in [7, 11) is 0. The van der Waals surface area contributed by atoms with E-state index in [0.29, 0.717) is 12.5 Å². The Morgan fingerprint density at radius 3 is 2.64 bits per heavy atom. The number of benzene rings is 1. The predicted molar refractivity (Wildman–Crippen MR) is 111 cm³/mol. The fraction of sp³-hybridized carbons (Fsp3) is 0.565. The molecule has 1 unspecified atom stereocenters. The van der Waals surface area contributed by atoms with Crippen LogP contribution in [0.5, 0.6) is 0 Å². The van der Waals surface area contributed by atoms with Gasteiger partial charge in [-0.05, 0) is 68.7 Å². The first-order chi connectivity index (χ1) is 13.1. The van der Waals surface area contributed by atoms with Gasteiger partial charge in [0, 0.05) is 6.54 Å². The minimum Gasteiger partial charge on any atom is -0.444 e. The molecule has 2 aliphatic rings.